The molecule has 146 valence electrons. The van der Waals surface area contributed by atoms with Crippen LogP contribution in [0.4, 0.5) is 0 Å². The second-order valence-electron chi connectivity index (χ2n) is 6.57. The highest BCUT2D eigenvalue weighted by atomic mass is 16.5. The minimum atomic E-state index is 0.542. The van der Waals surface area contributed by atoms with Crippen molar-refractivity contribution in [2.75, 3.05) is 20.2 Å². The zero-order chi connectivity index (χ0) is 19.5. The highest BCUT2D eigenvalue weighted by Crippen LogP contribution is 2.31. The maximum Gasteiger partial charge on any atom is 0.224 e. The van der Waals surface area contributed by atoms with Crippen LogP contribution in [0.1, 0.15) is 32.8 Å². The van der Waals surface area contributed by atoms with Crippen molar-refractivity contribution in [3.8, 4) is 17.4 Å². The Hall–Kier alpha value is -2.76. The fourth-order valence-electron chi connectivity index (χ4n) is 2.32. The molecule has 2 N–H and O–H groups in total. The minimum Gasteiger partial charge on any atom is -0.490 e. The average molecular weight is 370 g/mol. The minimum absolute atomic E-state index is 0.542. The molecule has 0 aliphatic carbocycles. The third-order valence-electron chi connectivity index (χ3n) is 3.72. The Morgan fingerprint density at radius 3 is 2.59 bits per heavy atom. The second-order valence-corrected chi connectivity index (χ2v) is 6.57. The molecule has 0 unspecified atom stereocenters. The molecule has 0 saturated heterocycles. The molecule has 1 aromatic carbocycles. The van der Waals surface area contributed by atoms with E-state index in [0.717, 1.165) is 30.2 Å². The van der Waals surface area contributed by atoms with Crippen molar-refractivity contribution in [1.82, 2.24) is 15.6 Å². The summed E-state index contributed by atoms with van der Waals surface area (Å²) in [6, 6.07) is 11.5. The summed E-state index contributed by atoms with van der Waals surface area (Å²) < 4.78 is 11.8. The number of guanidine groups is 1. The molecular weight excluding hydrogens is 340 g/mol. The first-order chi connectivity index (χ1) is 13.1. The molecule has 6 heteroatoms. The Morgan fingerprint density at radius 1 is 1.11 bits per heavy atom. The number of ether oxygens (including phenoxy) is 2. The van der Waals surface area contributed by atoms with E-state index in [1.807, 2.05) is 36.4 Å². The van der Waals surface area contributed by atoms with Gasteiger partial charge in [0.2, 0.25) is 5.88 Å². The Balaban J connectivity index is 2.08. The molecule has 1 heterocycles. The van der Waals surface area contributed by atoms with E-state index in [-0.39, 0.29) is 0 Å². The number of pyridine rings is 1. The molecule has 27 heavy (non-hydrogen) atoms. The highest BCUT2D eigenvalue weighted by molar-refractivity contribution is 5.79. The number of nitrogens with one attached hydrogen (secondary N) is 2. The summed E-state index contributed by atoms with van der Waals surface area (Å²) in [6.07, 6.45) is 2.66. The molecule has 0 bridgehead atoms. The Bertz CT molecular complexity index is 732. The molecule has 0 atom stereocenters. The van der Waals surface area contributed by atoms with E-state index >= 15 is 0 Å². The van der Waals surface area contributed by atoms with Crippen molar-refractivity contribution >= 4 is 5.96 Å². The first-order valence-electron chi connectivity index (χ1n) is 9.42. The molecule has 0 amide bonds. The van der Waals surface area contributed by atoms with Gasteiger partial charge in [-0.05, 0) is 30.5 Å². The third kappa shape index (κ3) is 6.81. The van der Waals surface area contributed by atoms with Gasteiger partial charge in [-0.3, -0.25) is 4.99 Å². The van der Waals surface area contributed by atoms with E-state index in [9.17, 15) is 0 Å². The lowest BCUT2D eigenvalue weighted by atomic mass is 10.2. The fraction of sp³-hybridized carbons (Fsp3) is 0.429. The predicted molar refractivity (Wildman–Crippen MR) is 110 cm³/mol. The van der Waals surface area contributed by atoms with Crippen molar-refractivity contribution in [2.45, 2.75) is 33.7 Å². The lowest BCUT2D eigenvalue weighted by molar-refractivity contribution is 0.300. The summed E-state index contributed by atoms with van der Waals surface area (Å²) in [6.45, 7) is 8.45. The van der Waals surface area contributed by atoms with Gasteiger partial charge >= 0.3 is 0 Å². The molecule has 0 saturated carbocycles. The zero-order valence-corrected chi connectivity index (χ0v) is 16.7. The molecule has 0 spiro atoms. The number of para-hydroxylation sites is 2. The van der Waals surface area contributed by atoms with Gasteiger partial charge in [-0.25, -0.2) is 4.98 Å². The fourth-order valence-corrected chi connectivity index (χ4v) is 2.32. The van der Waals surface area contributed by atoms with Crippen LogP contribution >= 0.6 is 0 Å². The zero-order valence-electron chi connectivity index (χ0n) is 16.7. The third-order valence-corrected chi connectivity index (χ3v) is 3.72. The van der Waals surface area contributed by atoms with Crippen LogP contribution < -0.4 is 20.1 Å². The summed E-state index contributed by atoms with van der Waals surface area (Å²) in [5.74, 6) is 3.23. The van der Waals surface area contributed by atoms with Gasteiger partial charge in [0, 0.05) is 31.9 Å². The topological polar surface area (TPSA) is 67.8 Å². The number of hydrogen-bond acceptors (Lipinski definition) is 4. The normalized spacial score (nSPS) is 11.4. The second kappa shape index (κ2) is 11.1. The largest absolute Gasteiger partial charge is 0.490 e. The summed E-state index contributed by atoms with van der Waals surface area (Å²) in [5.41, 5.74) is 0.940. The first kappa shape index (κ1) is 20.6. The van der Waals surface area contributed by atoms with Gasteiger partial charge < -0.3 is 20.1 Å². The average Bonchev–Trinajstić information content (AvgIpc) is 2.68. The summed E-state index contributed by atoms with van der Waals surface area (Å²) in [4.78, 5) is 8.65. The quantitative estimate of drug-likeness (QED) is 0.516. The van der Waals surface area contributed by atoms with Crippen molar-refractivity contribution in [3.63, 3.8) is 0 Å². The van der Waals surface area contributed by atoms with Crippen LogP contribution in [0.3, 0.4) is 0 Å². The molecule has 2 aromatic rings. The lowest BCUT2D eigenvalue weighted by Crippen LogP contribution is -2.38. The molecule has 0 radical (unpaired) electrons. The van der Waals surface area contributed by atoms with Crippen LogP contribution in [0.15, 0.2) is 47.6 Å². The van der Waals surface area contributed by atoms with Crippen LogP contribution in [0.5, 0.6) is 17.4 Å². The van der Waals surface area contributed by atoms with Gasteiger partial charge in [0.15, 0.2) is 17.5 Å². The van der Waals surface area contributed by atoms with Crippen molar-refractivity contribution in [2.24, 2.45) is 10.9 Å². The number of aromatic nitrogens is 1. The van der Waals surface area contributed by atoms with Crippen LogP contribution in [0.2, 0.25) is 0 Å². The molecule has 0 aliphatic rings. The Kier molecular flexibility index (Phi) is 8.42. The summed E-state index contributed by atoms with van der Waals surface area (Å²) in [5, 5.41) is 6.60. The molecule has 0 fully saturated rings. The van der Waals surface area contributed by atoms with E-state index in [4.69, 9.17) is 9.47 Å². The van der Waals surface area contributed by atoms with Crippen molar-refractivity contribution in [3.05, 3.63) is 48.2 Å². The van der Waals surface area contributed by atoms with Crippen molar-refractivity contribution in [1.29, 1.82) is 0 Å². The molecule has 1 aromatic heterocycles. The van der Waals surface area contributed by atoms with Gasteiger partial charge in [0.25, 0.3) is 0 Å². The smallest absolute Gasteiger partial charge is 0.224 e. The van der Waals surface area contributed by atoms with Gasteiger partial charge in [-0.2, -0.15) is 0 Å². The van der Waals surface area contributed by atoms with E-state index in [0.29, 0.717) is 30.7 Å². The monoisotopic (exact) mass is 370 g/mol. The molecular formula is C21H30N4O2. The highest BCUT2D eigenvalue weighted by Gasteiger charge is 2.11. The van der Waals surface area contributed by atoms with Crippen LogP contribution in [-0.4, -0.2) is 31.1 Å². The maximum atomic E-state index is 6.07. The lowest BCUT2D eigenvalue weighted by Gasteiger charge is -2.16. The first-order valence-corrected chi connectivity index (χ1v) is 9.42. The predicted octanol–water partition coefficient (Wildman–Crippen LogP) is 3.98. The Morgan fingerprint density at radius 2 is 1.89 bits per heavy atom. The molecule has 0 aliphatic heterocycles. The van der Waals surface area contributed by atoms with Crippen LogP contribution in [-0.2, 0) is 6.54 Å². The van der Waals surface area contributed by atoms with Gasteiger partial charge in [0.05, 0.1) is 6.61 Å². The summed E-state index contributed by atoms with van der Waals surface area (Å²) in [7, 11) is 1.76. The molecule has 2 rings (SSSR count). The van der Waals surface area contributed by atoms with Crippen molar-refractivity contribution < 1.29 is 9.47 Å². The van der Waals surface area contributed by atoms with Crippen LogP contribution in [0.25, 0.3) is 0 Å². The molecule has 6 nitrogen and oxygen atoms in total. The number of nitrogens with zero attached hydrogens (tertiary/aromatic N) is 2. The van der Waals surface area contributed by atoms with Gasteiger partial charge in [-0.15, -0.1) is 0 Å². The number of rotatable bonds is 9. The van der Waals surface area contributed by atoms with Gasteiger partial charge in [-0.1, -0.05) is 39.0 Å². The maximum absolute atomic E-state index is 6.07. The number of hydrogen-bond donors (Lipinski definition) is 2. The summed E-state index contributed by atoms with van der Waals surface area (Å²) >= 11 is 0. The standard InChI is InChI=1S/C21H30N4O2/c1-5-13-26-18-10-6-7-11-19(18)27-20-17(9-8-12-23-20)15-25-21(22-4)24-14-16(2)3/h6-12,16H,5,13-15H2,1-4H3,(H2,22,24,25). The SMILES string of the molecule is CCCOc1ccccc1Oc1ncccc1CNC(=NC)NCC(C)C. The van der Waals surface area contributed by atoms with Crippen LogP contribution in [0, 0.1) is 5.92 Å². The Labute approximate surface area is 162 Å². The van der Waals surface area contributed by atoms with Gasteiger partial charge in [0.1, 0.15) is 0 Å². The van der Waals surface area contributed by atoms with E-state index in [1.165, 1.54) is 0 Å². The van der Waals surface area contributed by atoms with E-state index < -0.39 is 0 Å². The van der Waals surface area contributed by atoms with E-state index in [2.05, 4.69) is 41.4 Å². The number of benzene rings is 1. The van der Waals surface area contributed by atoms with E-state index in [1.54, 1.807) is 13.2 Å². The number of aliphatic imine (C=N–C) groups is 1.